The minimum atomic E-state index is -3.71. The molecule has 30 heavy (non-hydrogen) atoms. The third-order valence-electron chi connectivity index (χ3n) is 3.67. The number of nitrogens with zero attached hydrogens (tertiary/aromatic N) is 2. The van der Waals surface area contributed by atoms with Crippen LogP contribution in [0.3, 0.4) is 0 Å². The minimum absolute atomic E-state index is 0.00229. The third-order valence-corrected chi connectivity index (χ3v) is 5.30. The van der Waals surface area contributed by atoms with Crippen LogP contribution in [0.15, 0.2) is 41.6 Å². The van der Waals surface area contributed by atoms with E-state index in [1.54, 1.807) is 20.8 Å². The van der Waals surface area contributed by atoms with E-state index in [-0.39, 0.29) is 35.3 Å². The molecule has 9 nitrogen and oxygen atoms in total. The van der Waals surface area contributed by atoms with E-state index in [2.05, 4.69) is 9.97 Å². The van der Waals surface area contributed by atoms with Crippen LogP contribution in [0.2, 0.25) is 0 Å². The highest BCUT2D eigenvalue weighted by atomic mass is 32.2. The lowest BCUT2D eigenvalue weighted by Gasteiger charge is -2.19. The summed E-state index contributed by atoms with van der Waals surface area (Å²) in [6, 6.07) is 5.86. The number of carboxylic acid groups (broad SMARTS) is 1. The summed E-state index contributed by atoms with van der Waals surface area (Å²) in [4.78, 5) is 30.1. The van der Waals surface area contributed by atoms with Crippen LogP contribution in [-0.2, 0) is 25.1 Å². The highest BCUT2D eigenvalue weighted by Crippen LogP contribution is 2.19. The first kappa shape index (κ1) is 23.3. The van der Waals surface area contributed by atoms with E-state index in [4.69, 9.17) is 14.6 Å². The van der Waals surface area contributed by atoms with Gasteiger partial charge in [-0.2, -0.15) is 0 Å². The third kappa shape index (κ3) is 7.43. The monoisotopic (exact) mass is 436 g/mol. The lowest BCUT2D eigenvalue weighted by molar-refractivity contribution is -0.155. The van der Waals surface area contributed by atoms with Crippen molar-refractivity contribution in [3.05, 3.63) is 48.0 Å². The Kier molecular flexibility index (Phi) is 7.49. The molecule has 0 radical (unpaired) electrons. The van der Waals surface area contributed by atoms with Crippen molar-refractivity contribution in [1.29, 1.82) is 0 Å². The summed E-state index contributed by atoms with van der Waals surface area (Å²) in [6.45, 7) is 5.69. The first-order valence-electron chi connectivity index (χ1n) is 9.18. The zero-order valence-corrected chi connectivity index (χ0v) is 17.8. The van der Waals surface area contributed by atoms with Gasteiger partial charge in [-0.3, -0.25) is 4.79 Å². The molecule has 0 aliphatic heterocycles. The average molecular weight is 436 g/mol. The maximum atomic E-state index is 12.5. The number of benzene rings is 1. The van der Waals surface area contributed by atoms with E-state index in [0.717, 1.165) is 12.4 Å². The number of carbonyl (C=O) groups is 2. The van der Waals surface area contributed by atoms with Crippen LogP contribution in [0.1, 0.15) is 49.8 Å². The number of hydrogen-bond acceptors (Lipinski definition) is 8. The molecule has 1 N–H and O–H groups in total. The number of rotatable bonds is 9. The van der Waals surface area contributed by atoms with Gasteiger partial charge in [0.2, 0.25) is 0 Å². The Labute approximate surface area is 175 Å². The zero-order chi connectivity index (χ0) is 22.4. The number of ether oxygens (including phenoxy) is 2. The van der Waals surface area contributed by atoms with Crippen molar-refractivity contribution >= 4 is 21.8 Å². The second-order valence-electron chi connectivity index (χ2n) is 7.46. The quantitative estimate of drug-likeness (QED) is 0.465. The Morgan fingerprint density at radius 2 is 1.67 bits per heavy atom. The number of aromatic nitrogens is 2. The van der Waals surface area contributed by atoms with Crippen LogP contribution >= 0.6 is 0 Å². The molecule has 0 amide bonds. The maximum Gasteiger partial charge on any atom is 0.338 e. The van der Waals surface area contributed by atoms with Crippen LogP contribution in [0.25, 0.3) is 0 Å². The first-order chi connectivity index (χ1) is 14.0. The van der Waals surface area contributed by atoms with Crippen molar-refractivity contribution in [2.24, 2.45) is 0 Å². The summed E-state index contributed by atoms with van der Waals surface area (Å²) >= 11 is 0. The molecule has 0 saturated carbocycles. The molecule has 0 fully saturated rings. The van der Waals surface area contributed by atoms with Crippen LogP contribution in [0.5, 0.6) is 5.75 Å². The van der Waals surface area contributed by atoms with Gasteiger partial charge >= 0.3 is 11.9 Å². The molecule has 0 saturated heterocycles. The fraction of sp³-hybridized carbons (Fsp3) is 0.400. The highest BCUT2D eigenvalue weighted by molar-refractivity contribution is 7.90. The SMILES string of the molecule is CC(C)(C)OC(=O)CCCOc1ccc(S(=O)(=O)Cc2ncc(C(=O)O)cn2)cc1. The lowest BCUT2D eigenvalue weighted by Crippen LogP contribution is -2.23. The van der Waals surface area contributed by atoms with E-state index in [9.17, 15) is 18.0 Å². The van der Waals surface area contributed by atoms with Gasteiger partial charge in [0.25, 0.3) is 0 Å². The summed E-state index contributed by atoms with van der Waals surface area (Å²) in [5, 5.41) is 8.83. The van der Waals surface area contributed by atoms with Gasteiger partial charge in [-0.1, -0.05) is 0 Å². The molecule has 162 valence electrons. The number of esters is 1. The molecule has 2 rings (SSSR count). The standard InChI is InChI=1S/C20H24N2O7S/c1-20(2,3)29-18(23)5-4-10-28-15-6-8-16(9-7-15)30(26,27)13-17-21-11-14(12-22-17)19(24)25/h6-9,11-12H,4-5,10,13H2,1-3H3,(H,24,25). The predicted molar refractivity (Wildman–Crippen MR) is 107 cm³/mol. The van der Waals surface area contributed by atoms with Crippen molar-refractivity contribution in [2.75, 3.05) is 6.61 Å². The number of sulfone groups is 1. The lowest BCUT2D eigenvalue weighted by atomic mass is 10.2. The Balaban J connectivity index is 1.88. The molecule has 0 bridgehead atoms. The Bertz CT molecular complexity index is 979. The first-order valence-corrected chi connectivity index (χ1v) is 10.8. The molecule has 0 aliphatic rings. The van der Waals surface area contributed by atoms with E-state index in [1.807, 2.05) is 0 Å². The number of carbonyl (C=O) groups excluding carboxylic acids is 1. The smallest absolute Gasteiger partial charge is 0.338 e. The molecule has 0 unspecified atom stereocenters. The van der Waals surface area contributed by atoms with Gasteiger partial charge in [0.15, 0.2) is 9.84 Å². The van der Waals surface area contributed by atoms with E-state index in [0.29, 0.717) is 12.2 Å². The largest absolute Gasteiger partial charge is 0.494 e. The van der Waals surface area contributed by atoms with Gasteiger partial charge in [-0.05, 0) is 51.5 Å². The van der Waals surface area contributed by atoms with E-state index in [1.165, 1.54) is 24.3 Å². The number of carboxylic acids is 1. The highest BCUT2D eigenvalue weighted by Gasteiger charge is 2.18. The van der Waals surface area contributed by atoms with Crippen molar-refractivity contribution in [2.45, 2.75) is 49.9 Å². The van der Waals surface area contributed by atoms with Crippen LogP contribution in [0.4, 0.5) is 0 Å². The molecule has 0 aliphatic carbocycles. The Morgan fingerprint density at radius 1 is 1.07 bits per heavy atom. The van der Waals surface area contributed by atoms with Gasteiger partial charge in [0, 0.05) is 18.8 Å². The van der Waals surface area contributed by atoms with Crippen LogP contribution < -0.4 is 4.74 Å². The molecule has 1 aromatic carbocycles. The molecule has 0 atom stereocenters. The summed E-state index contributed by atoms with van der Waals surface area (Å²) in [5.41, 5.74) is -0.646. The van der Waals surface area contributed by atoms with Crippen molar-refractivity contribution in [1.82, 2.24) is 9.97 Å². The second-order valence-corrected chi connectivity index (χ2v) is 9.45. The fourth-order valence-electron chi connectivity index (χ4n) is 2.34. The topological polar surface area (TPSA) is 133 Å². The summed E-state index contributed by atoms with van der Waals surface area (Å²) in [7, 11) is -3.71. The van der Waals surface area contributed by atoms with Gasteiger partial charge in [0.1, 0.15) is 22.9 Å². The number of hydrogen-bond donors (Lipinski definition) is 1. The van der Waals surface area contributed by atoms with Gasteiger partial charge < -0.3 is 14.6 Å². The fourth-order valence-corrected chi connectivity index (χ4v) is 3.54. The zero-order valence-electron chi connectivity index (χ0n) is 17.0. The molecular formula is C20H24N2O7S. The molecule has 1 heterocycles. The summed E-state index contributed by atoms with van der Waals surface area (Å²) in [6.07, 6.45) is 2.83. The molecule has 0 spiro atoms. The molecule has 1 aromatic heterocycles. The Morgan fingerprint density at radius 3 is 2.20 bits per heavy atom. The molecule has 2 aromatic rings. The van der Waals surface area contributed by atoms with Gasteiger partial charge in [0.05, 0.1) is 17.1 Å². The van der Waals surface area contributed by atoms with Gasteiger partial charge in [-0.15, -0.1) is 0 Å². The van der Waals surface area contributed by atoms with Gasteiger partial charge in [-0.25, -0.2) is 23.2 Å². The second kappa shape index (κ2) is 9.66. The van der Waals surface area contributed by atoms with Crippen molar-refractivity contribution in [3.8, 4) is 5.75 Å². The van der Waals surface area contributed by atoms with Crippen molar-refractivity contribution < 1.29 is 32.6 Å². The molecule has 10 heteroatoms. The van der Waals surface area contributed by atoms with E-state index >= 15 is 0 Å². The average Bonchev–Trinajstić information content (AvgIpc) is 2.64. The van der Waals surface area contributed by atoms with Crippen molar-refractivity contribution in [3.63, 3.8) is 0 Å². The Hall–Kier alpha value is -3.01. The minimum Gasteiger partial charge on any atom is -0.494 e. The summed E-state index contributed by atoms with van der Waals surface area (Å²) < 4.78 is 35.7. The summed E-state index contributed by atoms with van der Waals surface area (Å²) in [5.74, 6) is -1.47. The molecular weight excluding hydrogens is 412 g/mol. The number of aromatic carboxylic acids is 1. The van der Waals surface area contributed by atoms with E-state index < -0.39 is 27.2 Å². The van der Waals surface area contributed by atoms with Crippen LogP contribution in [0, 0.1) is 0 Å². The predicted octanol–water partition coefficient (Wildman–Crippen LogP) is 2.65. The van der Waals surface area contributed by atoms with Crippen LogP contribution in [-0.4, -0.2) is 47.6 Å². The normalized spacial score (nSPS) is 11.7. The maximum absolute atomic E-state index is 12.5.